The highest BCUT2D eigenvalue weighted by Gasteiger charge is 2.16. The summed E-state index contributed by atoms with van der Waals surface area (Å²) in [6.07, 6.45) is 1.53. The Kier molecular flexibility index (Phi) is 2.61. The Morgan fingerprint density at radius 1 is 1.50 bits per heavy atom. The van der Waals surface area contributed by atoms with Crippen LogP contribution in [0.3, 0.4) is 0 Å². The standard InChI is InChI=1S/C9H7BrN4O2/c10-8-5(6-4-12-9(11)13-6)2-1-3-7(8)14(15)16/h1-4H,(H3,11,12,13). The molecule has 0 amide bonds. The van der Waals surface area contributed by atoms with Gasteiger partial charge in [0.05, 0.1) is 16.8 Å². The van der Waals surface area contributed by atoms with Crippen LogP contribution in [-0.2, 0) is 0 Å². The first-order valence-electron chi connectivity index (χ1n) is 4.33. The van der Waals surface area contributed by atoms with Crippen molar-refractivity contribution in [2.75, 3.05) is 5.73 Å². The minimum absolute atomic E-state index is 0.00525. The minimum atomic E-state index is -0.451. The van der Waals surface area contributed by atoms with E-state index in [4.69, 9.17) is 5.73 Å². The molecule has 1 aromatic carbocycles. The number of anilines is 1. The summed E-state index contributed by atoms with van der Waals surface area (Å²) >= 11 is 3.20. The molecule has 7 heteroatoms. The lowest BCUT2D eigenvalue weighted by Gasteiger charge is -2.01. The molecule has 2 rings (SSSR count). The molecule has 0 fully saturated rings. The second kappa shape index (κ2) is 3.93. The zero-order valence-electron chi connectivity index (χ0n) is 7.98. The van der Waals surface area contributed by atoms with Crippen molar-refractivity contribution < 1.29 is 4.92 Å². The average molecular weight is 283 g/mol. The number of aromatic amines is 1. The van der Waals surface area contributed by atoms with Crippen LogP contribution in [0, 0.1) is 10.1 Å². The molecule has 0 aliphatic heterocycles. The predicted octanol–water partition coefficient (Wildman–Crippen LogP) is 2.33. The lowest BCUT2D eigenvalue weighted by atomic mass is 10.1. The summed E-state index contributed by atoms with van der Waals surface area (Å²) in [5.41, 5.74) is 6.74. The van der Waals surface area contributed by atoms with Gasteiger partial charge in [0.15, 0.2) is 5.95 Å². The molecule has 0 bridgehead atoms. The summed E-state index contributed by atoms with van der Waals surface area (Å²) in [6.45, 7) is 0. The Morgan fingerprint density at radius 2 is 2.25 bits per heavy atom. The quantitative estimate of drug-likeness (QED) is 0.652. The number of nitrogen functional groups attached to an aromatic ring is 1. The second-order valence-electron chi connectivity index (χ2n) is 3.08. The molecule has 0 spiro atoms. The topological polar surface area (TPSA) is 97.8 Å². The van der Waals surface area contributed by atoms with Crippen LogP contribution < -0.4 is 5.73 Å². The Morgan fingerprint density at radius 3 is 2.81 bits per heavy atom. The van der Waals surface area contributed by atoms with E-state index in [0.29, 0.717) is 15.7 Å². The van der Waals surface area contributed by atoms with Crippen LogP contribution in [0.15, 0.2) is 28.9 Å². The first-order valence-corrected chi connectivity index (χ1v) is 5.12. The van der Waals surface area contributed by atoms with Crippen molar-refractivity contribution >= 4 is 27.6 Å². The van der Waals surface area contributed by atoms with Crippen LogP contribution in [0.4, 0.5) is 11.6 Å². The fourth-order valence-corrected chi connectivity index (χ4v) is 1.96. The number of nitro benzene ring substituents is 1. The van der Waals surface area contributed by atoms with E-state index < -0.39 is 4.92 Å². The van der Waals surface area contributed by atoms with Crippen molar-refractivity contribution in [3.63, 3.8) is 0 Å². The van der Waals surface area contributed by atoms with Gasteiger partial charge in [0, 0.05) is 11.6 Å². The van der Waals surface area contributed by atoms with Crippen LogP contribution >= 0.6 is 15.9 Å². The number of benzene rings is 1. The van der Waals surface area contributed by atoms with Gasteiger partial charge in [-0.05, 0) is 15.9 Å². The number of nitrogens with one attached hydrogen (secondary N) is 1. The molecule has 0 saturated heterocycles. The van der Waals surface area contributed by atoms with Gasteiger partial charge < -0.3 is 10.7 Å². The number of hydrogen-bond acceptors (Lipinski definition) is 4. The van der Waals surface area contributed by atoms with Gasteiger partial charge in [-0.25, -0.2) is 4.98 Å². The van der Waals surface area contributed by atoms with E-state index in [-0.39, 0.29) is 11.6 Å². The van der Waals surface area contributed by atoms with E-state index >= 15 is 0 Å². The number of halogens is 1. The molecule has 82 valence electrons. The van der Waals surface area contributed by atoms with Crippen LogP contribution in [0.25, 0.3) is 11.3 Å². The SMILES string of the molecule is Nc1ncc(-c2cccc([N+](=O)[O-])c2Br)[nH]1. The maximum atomic E-state index is 10.7. The molecule has 1 heterocycles. The molecule has 0 radical (unpaired) electrons. The van der Waals surface area contributed by atoms with E-state index in [1.807, 2.05) is 0 Å². The molecular formula is C9H7BrN4O2. The predicted molar refractivity (Wildman–Crippen MR) is 62.8 cm³/mol. The van der Waals surface area contributed by atoms with Crippen molar-refractivity contribution in [3.05, 3.63) is 39.0 Å². The van der Waals surface area contributed by atoms with Crippen LogP contribution in [0.1, 0.15) is 0 Å². The molecule has 0 aliphatic rings. The van der Waals surface area contributed by atoms with Gasteiger partial charge in [-0.1, -0.05) is 12.1 Å². The number of nitrogens with two attached hydrogens (primary N) is 1. The van der Waals surface area contributed by atoms with Gasteiger partial charge in [-0.3, -0.25) is 10.1 Å². The fraction of sp³-hybridized carbons (Fsp3) is 0. The molecule has 0 saturated carbocycles. The molecule has 6 nitrogen and oxygen atoms in total. The first-order chi connectivity index (χ1) is 7.59. The highest BCUT2D eigenvalue weighted by atomic mass is 79.9. The highest BCUT2D eigenvalue weighted by molar-refractivity contribution is 9.10. The number of rotatable bonds is 2. The van der Waals surface area contributed by atoms with Crippen molar-refractivity contribution in [1.82, 2.24) is 9.97 Å². The third-order valence-electron chi connectivity index (χ3n) is 2.06. The number of nitro groups is 1. The molecule has 0 aliphatic carbocycles. The van der Waals surface area contributed by atoms with Crippen molar-refractivity contribution in [3.8, 4) is 11.3 Å². The zero-order valence-corrected chi connectivity index (χ0v) is 9.56. The van der Waals surface area contributed by atoms with Crippen LogP contribution in [0.2, 0.25) is 0 Å². The highest BCUT2D eigenvalue weighted by Crippen LogP contribution is 2.34. The van der Waals surface area contributed by atoms with Crippen molar-refractivity contribution in [1.29, 1.82) is 0 Å². The molecular weight excluding hydrogens is 276 g/mol. The van der Waals surface area contributed by atoms with Gasteiger partial charge in [-0.15, -0.1) is 0 Å². The smallest absolute Gasteiger partial charge is 0.284 e. The van der Waals surface area contributed by atoms with Crippen molar-refractivity contribution in [2.24, 2.45) is 0 Å². The van der Waals surface area contributed by atoms with Gasteiger partial charge in [0.2, 0.25) is 0 Å². The Hall–Kier alpha value is -1.89. The summed E-state index contributed by atoms with van der Waals surface area (Å²) in [5.74, 6) is 0.272. The molecule has 16 heavy (non-hydrogen) atoms. The molecule has 1 aromatic heterocycles. The van der Waals surface area contributed by atoms with Crippen LogP contribution in [-0.4, -0.2) is 14.9 Å². The number of imidazole rings is 1. The number of hydrogen-bond donors (Lipinski definition) is 2. The van der Waals surface area contributed by atoms with E-state index in [9.17, 15) is 10.1 Å². The van der Waals surface area contributed by atoms with Gasteiger partial charge >= 0.3 is 0 Å². The van der Waals surface area contributed by atoms with Gasteiger partial charge in [0.25, 0.3) is 5.69 Å². The molecule has 0 unspecified atom stereocenters. The van der Waals surface area contributed by atoms with Crippen molar-refractivity contribution in [2.45, 2.75) is 0 Å². The maximum absolute atomic E-state index is 10.7. The molecule has 3 N–H and O–H groups in total. The molecule has 2 aromatic rings. The Bertz CT molecular complexity index is 552. The number of H-pyrrole nitrogens is 1. The third-order valence-corrected chi connectivity index (χ3v) is 2.89. The largest absolute Gasteiger partial charge is 0.369 e. The second-order valence-corrected chi connectivity index (χ2v) is 3.87. The van der Waals surface area contributed by atoms with Gasteiger partial charge in [-0.2, -0.15) is 0 Å². The summed E-state index contributed by atoms with van der Waals surface area (Å²) in [4.78, 5) is 16.9. The van der Waals surface area contributed by atoms with E-state index in [1.165, 1.54) is 12.3 Å². The summed E-state index contributed by atoms with van der Waals surface area (Å²) in [5, 5.41) is 10.7. The van der Waals surface area contributed by atoms with E-state index in [0.717, 1.165) is 0 Å². The number of nitrogens with zero attached hydrogens (tertiary/aromatic N) is 2. The normalized spacial score (nSPS) is 10.3. The molecule has 0 atom stereocenters. The Balaban J connectivity index is 2.58. The fourth-order valence-electron chi connectivity index (χ4n) is 1.34. The zero-order chi connectivity index (χ0) is 11.7. The summed E-state index contributed by atoms with van der Waals surface area (Å²) in [6, 6.07) is 4.77. The third kappa shape index (κ3) is 1.76. The monoisotopic (exact) mass is 282 g/mol. The first kappa shape index (κ1) is 10.6. The lowest BCUT2D eigenvalue weighted by Crippen LogP contribution is -1.91. The number of aromatic nitrogens is 2. The average Bonchev–Trinajstić information content (AvgIpc) is 2.64. The Labute approximate surface area is 98.8 Å². The summed E-state index contributed by atoms with van der Waals surface area (Å²) < 4.78 is 0.406. The minimum Gasteiger partial charge on any atom is -0.369 e. The van der Waals surface area contributed by atoms with Crippen LogP contribution in [0.5, 0.6) is 0 Å². The van der Waals surface area contributed by atoms with E-state index in [1.54, 1.807) is 12.1 Å². The lowest BCUT2D eigenvalue weighted by molar-refractivity contribution is -0.385. The summed E-state index contributed by atoms with van der Waals surface area (Å²) in [7, 11) is 0. The van der Waals surface area contributed by atoms with E-state index in [2.05, 4.69) is 25.9 Å². The maximum Gasteiger partial charge on any atom is 0.284 e. The van der Waals surface area contributed by atoms with Gasteiger partial charge in [0.1, 0.15) is 4.47 Å².